The molecule has 1 N–H and O–H groups in total. The minimum Gasteiger partial charge on any atom is -0.387 e. The van der Waals surface area contributed by atoms with Crippen LogP contribution < -0.4 is 0 Å². The summed E-state index contributed by atoms with van der Waals surface area (Å²) in [6.07, 6.45) is 1.83. The van der Waals surface area contributed by atoms with E-state index in [0.717, 1.165) is 6.42 Å². The number of hydrogen-bond donors (Lipinski definition) is 1. The Kier molecular flexibility index (Phi) is 3.71. The molecule has 0 saturated heterocycles. The second kappa shape index (κ2) is 5.26. The van der Waals surface area contributed by atoms with Gasteiger partial charge in [0.05, 0.1) is 12.3 Å². The first-order valence-corrected chi connectivity index (χ1v) is 5.94. The van der Waals surface area contributed by atoms with Crippen molar-refractivity contribution in [3.8, 4) is 0 Å². The summed E-state index contributed by atoms with van der Waals surface area (Å²) in [5, 5.41) is 21.0. The zero-order valence-electron chi connectivity index (χ0n) is 10.7. The van der Waals surface area contributed by atoms with Crippen LogP contribution in [-0.2, 0) is 13.0 Å². The van der Waals surface area contributed by atoms with Crippen molar-refractivity contribution < 1.29 is 9.63 Å². The van der Waals surface area contributed by atoms with Gasteiger partial charge in [0, 0.05) is 6.42 Å². The molecule has 0 aliphatic carbocycles. The average Bonchev–Trinajstić information content (AvgIpc) is 2.88. The summed E-state index contributed by atoms with van der Waals surface area (Å²) >= 11 is 0. The molecule has 18 heavy (non-hydrogen) atoms. The number of hydrogen-bond acceptors (Lipinski definition) is 6. The molecule has 2 rings (SSSR count). The number of aliphatic hydroxyl groups excluding tert-OH is 1. The van der Waals surface area contributed by atoms with Crippen molar-refractivity contribution in [2.75, 3.05) is 0 Å². The molecular formula is C11H17N5O2. The van der Waals surface area contributed by atoms with Gasteiger partial charge in [-0.05, 0) is 12.8 Å². The molecule has 7 nitrogen and oxygen atoms in total. The SMILES string of the molecule is CC(C)Cc1noc(Cn2cc(C(C)O)nn2)n1. The Bertz CT molecular complexity index is 503. The van der Waals surface area contributed by atoms with Gasteiger partial charge in [-0.2, -0.15) is 4.98 Å². The third kappa shape index (κ3) is 3.13. The van der Waals surface area contributed by atoms with Gasteiger partial charge in [0.25, 0.3) is 0 Å². The van der Waals surface area contributed by atoms with Crippen molar-refractivity contribution in [3.63, 3.8) is 0 Å². The monoisotopic (exact) mass is 251 g/mol. The summed E-state index contributed by atoms with van der Waals surface area (Å²) in [6, 6.07) is 0. The van der Waals surface area contributed by atoms with E-state index in [4.69, 9.17) is 4.52 Å². The van der Waals surface area contributed by atoms with Crippen molar-refractivity contribution in [1.82, 2.24) is 25.1 Å². The average molecular weight is 251 g/mol. The van der Waals surface area contributed by atoms with E-state index in [1.807, 2.05) is 0 Å². The molecule has 1 unspecified atom stereocenters. The van der Waals surface area contributed by atoms with Crippen LogP contribution in [0.3, 0.4) is 0 Å². The van der Waals surface area contributed by atoms with E-state index in [-0.39, 0.29) is 0 Å². The number of aromatic nitrogens is 5. The minimum absolute atomic E-state index is 0.366. The van der Waals surface area contributed by atoms with Crippen LogP contribution in [0, 0.1) is 5.92 Å². The van der Waals surface area contributed by atoms with Gasteiger partial charge < -0.3 is 9.63 Å². The first-order chi connectivity index (χ1) is 8.54. The van der Waals surface area contributed by atoms with E-state index in [1.165, 1.54) is 0 Å². The normalized spacial score (nSPS) is 13.2. The summed E-state index contributed by atoms with van der Waals surface area (Å²) < 4.78 is 6.69. The molecule has 7 heteroatoms. The van der Waals surface area contributed by atoms with Crippen molar-refractivity contribution in [1.29, 1.82) is 0 Å². The van der Waals surface area contributed by atoms with Gasteiger partial charge in [-0.25, -0.2) is 4.68 Å². The highest BCUT2D eigenvalue weighted by Gasteiger charge is 2.11. The largest absolute Gasteiger partial charge is 0.387 e. The standard InChI is InChI=1S/C11H17N5O2/c1-7(2)4-10-12-11(18-14-10)6-16-5-9(8(3)17)13-15-16/h5,7-8,17H,4,6H2,1-3H3. The zero-order valence-corrected chi connectivity index (χ0v) is 10.7. The summed E-state index contributed by atoms with van der Waals surface area (Å²) in [4.78, 5) is 4.27. The minimum atomic E-state index is -0.627. The van der Waals surface area contributed by atoms with Gasteiger partial charge in [-0.3, -0.25) is 0 Å². The molecule has 0 saturated carbocycles. The van der Waals surface area contributed by atoms with E-state index in [9.17, 15) is 5.11 Å². The molecule has 2 aromatic rings. The van der Waals surface area contributed by atoms with Crippen molar-refractivity contribution >= 4 is 0 Å². The fourth-order valence-electron chi connectivity index (χ4n) is 1.52. The van der Waals surface area contributed by atoms with Crippen LogP contribution in [0.1, 0.15) is 44.3 Å². The maximum absolute atomic E-state index is 9.34. The Labute approximate surface area is 105 Å². The molecule has 0 amide bonds. The maximum atomic E-state index is 9.34. The van der Waals surface area contributed by atoms with Crippen LogP contribution in [0.2, 0.25) is 0 Å². The predicted octanol–water partition coefficient (Wildman–Crippen LogP) is 0.961. The van der Waals surface area contributed by atoms with E-state index >= 15 is 0 Å². The molecule has 0 radical (unpaired) electrons. The second-order valence-corrected chi connectivity index (χ2v) is 4.72. The third-order valence-corrected chi connectivity index (χ3v) is 2.38. The lowest BCUT2D eigenvalue weighted by Gasteiger charge is -1.96. The van der Waals surface area contributed by atoms with Gasteiger partial charge in [-0.1, -0.05) is 24.2 Å². The van der Waals surface area contributed by atoms with Crippen LogP contribution in [0.5, 0.6) is 0 Å². The molecular weight excluding hydrogens is 234 g/mol. The summed E-state index contributed by atoms with van der Waals surface area (Å²) in [7, 11) is 0. The first kappa shape index (κ1) is 12.7. The third-order valence-electron chi connectivity index (χ3n) is 2.38. The molecule has 0 aliphatic rings. The Balaban J connectivity index is 2.02. The van der Waals surface area contributed by atoms with E-state index in [1.54, 1.807) is 17.8 Å². The molecule has 2 aromatic heterocycles. The van der Waals surface area contributed by atoms with Crippen LogP contribution in [0.4, 0.5) is 0 Å². The van der Waals surface area contributed by atoms with E-state index in [0.29, 0.717) is 29.9 Å². The van der Waals surface area contributed by atoms with Crippen LogP contribution in [0.25, 0.3) is 0 Å². The molecule has 0 fully saturated rings. The number of aliphatic hydroxyl groups is 1. The zero-order chi connectivity index (χ0) is 13.1. The Morgan fingerprint density at radius 1 is 1.39 bits per heavy atom. The second-order valence-electron chi connectivity index (χ2n) is 4.72. The molecule has 1 atom stereocenters. The summed E-state index contributed by atoms with van der Waals surface area (Å²) in [6.45, 7) is 6.21. The molecule has 0 aliphatic heterocycles. The maximum Gasteiger partial charge on any atom is 0.248 e. The lowest BCUT2D eigenvalue weighted by Crippen LogP contribution is -2.01. The topological polar surface area (TPSA) is 89.9 Å². The molecule has 0 aromatic carbocycles. The van der Waals surface area contributed by atoms with Crippen molar-refractivity contribution in [3.05, 3.63) is 23.6 Å². The van der Waals surface area contributed by atoms with Gasteiger partial charge in [0.2, 0.25) is 5.89 Å². The fraction of sp³-hybridized carbons (Fsp3) is 0.636. The Hall–Kier alpha value is -1.76. The lowest BCUT2D eigenvalue weighted by atomic mass is 10.1. The van der Waals surface area contributed by atoms with Gasteiger partial charge in [0.15, 0.2) is 5.82 Å². The highest BCUT2D eigenvalue weighted by atomic mass is 16.5. The summed E-state index contributed by atoms with van der Waals surface area (Å²) in [5.41, 5.74) is 0.525. The lowest BCUT2D eigenvalue weighted by molar-refractivity contribution is 0.194. The van der Waals surface area contributed by atoms with Crippen LogP contribution in [0.15, 0.2) is 10.7 Å². The highest BCUT2D eigenvalue weighted by molar-refractivity contribution is 4.97. The summed E-state index contributed by atoms with van der Waals surface area (Å²) in [5.74, 6) is 1.69. The highest BCUT2D eigenvalue weighted by Crippen LogP contribution is 2.09. The predicted molar refractivity (Wildman–Crippen MR) is 62.6 cm³/mol. The van der Waals surface area contributed by atoms with Crippen LogP contribution in [-0.4, -0.2) is 30.2 Å². The van der Waals surface area contributed by atoms with Gasteiger partial charge >= 0.3 is 0 Å². The van der Waals surface area contributed by atoms with Gasteiger partial charge in [-0.15, -0.1) is 5.10 Å². The van der Waals surface area contributed by atoms with E-state index in [2.05, 4.69) is 34.3 Å². The van der Waals surface area contributed by atoms with E-state index < -0.39 is 6.10 Å². The molecule has 0 spiro atoms. The smallest absolute Gasteiger partial charge is 0.248 e. The Morgan fingerprint density at radius 2 is 2.17 bits per heavy atom. The molecule has 0 bridgehead atoms. The molecule has 2 heterocycles. The fourth-order valence-corrected chi connectivity index (χ4v) is 1.52. The number of rotatable bonds is 5. The van der Waals surface area contributed by atoms with Crippen molar-refractivity contribution in [2.24, 2.45) is 5.92 Å². The number of nitrogens with zero attached hydrogens (tertiary/aromatic N) is 5. The van der Waals surface area contributed by atoms with Crippen molar-refractivity contribution in [2.45, 2.75) is 39.8 Å². The first-order valence-electron chi connectivity index (χ1n) is 5.94. The molecule has 98 valence electrons. The van der Waals surface area contributed by atoms with Crippen LogP contribution >= 0.6 is 0 Å². The quantitative estimate of drug-likeness (QED) is 0.851. The van der Waals surface area contributed by atoms with Gasteiger partial charge in [0.1, 0.15) is 12.2 Å². The Morgan fingerprint density at radius 3 is 2.78 bits per heavy atom.